The number of fused-ring (bicyclic) bond motifs is 1. The fourth-order valence-electron chi connectivity index (χ4n) is 5.58. The Hall–Kier alpha value is -0.321. The Balaban J connectivity index is 2.48. The van der Waals surface area contributed by atoms with Gasteiger partial charge in [0.05, 0.1) is 0 Å². The first kappa shape index (κ1) is 23.0. The molecule has 154 valence electrons. The van der Waals surface area contributed by atoms with Crippen molar-refractivity contribution in [2.45, 2.75) is 98.3 Å². The van der Waals surface area contributed by atoms with Crippen LogP contribution in [0.4, 0.5) is 0 Å². The number of esters is 1. The van der Waals surface area contributed by atoms with Gasteiger partial charge in [0.15, 0.2) is 0 Å². The van der Waals surface area contributed by atoms with Crippen molar-refractivity contribution in [1.29, 1.82) is 0 Å². The third-order valence-electron chi connectivity index (χ3n) is 7.11. The van der Waals surface area contributed by atoms with Crippen LogP contribution in [0.5, 0.6) is 0 Å². The summed E-state index contributed by atoms with van der Waals surface area (Å²) >= 11 is -2.55. The van der Waals surface area contributed by atoms with Gasteiger partial charge in [0.2, 0.25) is 0 Å². The summed E-state index contributed by atoms with van der Waals surface area (Å²) in [5.41, 5.74) is 0.294. The normalized spacial score (nSPS) is 26.6. The van der Waals surface area contributed by atoms with E-state index in [9.17, 15) is 9.59 Å². The van der Waals surface area contributed by atoms with Crippen molar-refractivity contribution in [2.75, 3.05) is 7.11 Å². The molecule has 3 nitrogen and oxygen atoms in total. The van der Waals surface area contributed by atoms with E-state index in [4.69, 9.17) is 4.74 Å². The van der Waals surface area contributed by atoms with Gasteiger partial charge in [-0.1, -0.05) is 0 Å². The van der Waals surface area contributed by atoms with Crippen LogP contribution in [0.1, 0.15) is 85.0 Å². The van der Waals surface area contributed by atoms with E-state index < -0.39 is 23.8 Å². The number of rotatable bonds is 11. The number of ketones is 1. The molecular formula is C23H40O3Sn. The van der Waals surface area contributed by atoms with Gasteiger partial charge in [-0.25, -0.2) is 0 Å². The molecule has 0 heterocycles. The maximum atomic E-state index is 13.0. The fourth-order valence-corrected chi connectivity index (χ4v) is 21.2. The molecule has 2 aliphatic rings. The Morgan fingerprint density at radius 2 is 1.56 bits per heavy atom. The Labute approximate surface area is 170 Å². The summed E-state index contributed by atoms with van der Waals surface area (Å²) in [6.07, 6.45) is 11.0. The van der Waals surface area contributed by atoms with Crippen LogP contribution in [0.3, 0.4) is 0 Å². The zero-order valence-corrected chi connectivity index (χ0v) is 20.9. The van der Waals surface area contributed by atoms with E-state index in [1.54, 1.807) is 0 Å². The van der Waals surface area contributed by atoms with Gasteiger partial charge >= 0.3 is 171 Å². The van der Waals surface area contributed by atoms with Crippen molar-refractivity contribution >= 4 is 30.1 Å². The van der Waals surface area contributed by atoms with E-state index in [0.29, 0.717) is 6.42 Å². The maximum absolute atomic E-state index is 13.0. The average molecular weight is 483 g/mol. The zero-order chi connectivity index (χ0) is 19.9. The first-order chi connectivity index (χ1) is 13.0. The molecule has 2 fully saturated rings. The Morgan fingerprint density at radius 3 is 2.04 bits per heavy atom. The molecule has 0 bridgehead atoms. The summed E-state index contributed by atoms with van der Waals surface area (Å²) in [7, 11) is 1.46. The molecule has 4 heteroatoms. The molecule has 0 aromatic heterocycles. The number of unbranched alkanes of at least 4 members (excludes halogenated alkanes) is 3. The Morgan fingerprint density at radius 1 is 1.04 bits per heavy atom. The van der Waals surface area contributed by atoms with Crippen molar-refractivity contribution in [3.05, 3.63) is 9.67 Å². The van der Waals surface area contributed by atoms with Crippen LogP contribution < -0.4 is 0 Å². The van der Waals surface area contributed by atoms with E-state index in [1.807, 2.05) is 0 Å². The van der Waals surface area contributed by atoms with E-state index in [0.717, 1.165) is 19.3 Å². The molecule has 0 spiro atoms. The zero-order valence-electron chi connectivity index (χ0n) is 18.1. The van der Waals surface area contributed by atoms with Crippen LogP contribution in [0.15, 0.2) is 9.67 Å². The van der Waals surface area contributed by atoms with Gasteiger partial charge in [0.1, 0.15) is 0 Å². The molecule has 2 saturated carbocycles. The van der Waals surface area contributed by atoms with Crippen LogP contribution in [0.25, 0.3) is 0 Å². The van der Waals surface area contributed by atoms with Gasteiger partial charge < -0.3 is 0 Å². The predicted octanol–water partition coefficient (Wildman–Crippen LogP) is 6.23. The second-order valence-corrected chi connectivity index (χ2v) is 21.7. The summed E-state index contributed by atoms with van der Waals surface area (Å²) in [6.45, 7) is 6.85. The van der Waals surface area contributed by atoms with Gasteiger partial charge in [-0.3, -0.25) is 0 Å². The van der Waals surface area contributed by atoms with Crippen LogP contribution in [-0.4, -0.2) is 37.2 Å². The second kappa shape index (κ2) is 10.5. The van der Waals surface area contributed by atoms with Crippen molar-refractivity contribution in [3.8, 4) is 0 Å². The molecule has 2 aliphatic carbocycles. The van der Waals surface area contributed by atoms with Crippen LogP contribution in [-0.2, 0) is 14.3 Å². The Bertz CT molecular complexity index is 532. The first-order valence-corrected chi connectivity index (χ1v) is 19.0. The Kier molecular flexibility index (Phi) is 8.89. The van der Waals surface area contributed by atoms with Gasteiger partial charge in [-0.05, 0) is 0 Å². The summed E-state index contributed by atoms with van der Waals surface area (Å²) < 4.78 is 12.0. The molecule has 0 aromatic carbocycles. The molecule has 2 rings (SSSR count). The fraction of sp³-hybridized carbons (Fsp3) is 0.826. The summed E-state index contributed by atoms with van der Waals surface area (Å²) in [5, 5.41) is 0. The molecule has 0 aliphatic heterocycles. The number of ether oxygens (including phenoxy) is 1. The van der Waals surface area contributed by atoms with Crippen molar-refractivity contribution in [3.63, 3.8) is 0 Å². The second-order valence-electron chi connectivity index (χ2n) is 8.84. The van der Waals surface area contributed by atoms with Crippen LogP contribution >= 0.6 is 0 Å². The number of carbonyl (C=O) groups is 2. The molecule has 0 N–H and O–H groups in total. The third-order valence-corrected chi connectivity index (χ3v) is 21.4. The minimum absolute atomic E-state index is 0.143. The number of hydrogen-bond donors (Lipinski definition) is 0. The third kappa shape index (κ3) is 4.64. The number of carbonyl (C=O) groups excluding carboxylic acids is 2. The van der Waals surface area contributed by atoms with E-state index in [-0.39, 0.29) is 17.7 Å². The minimum atomic E-state index is -2.55. The number of hydrogen-bond acceptors (Lipinski definition) is 3. The summed E-state index contributed by atoms with van der Waals surface area (Å²) in [4.78, 5) is 25.9. The topological polar surface area (TPSA) is 43.4 Å². The predicted molar refractivity (Wildman–Crippen MR) is 114 cm³/mol. The van der Waals surface area contributed by atoms with E-state index in [2.05, 4.69) is 24.9 Å². The molecule has 0 radical (unpaired) electrons. The molecule has 2 unspecified atom stereocenters. The van der Waals surface area contributed by atoms with Crippen molar-refractivity contribution < 1.29 is 14.3 Å². The monoisotopic (exact) mass is 484 g/mol. The molecule has 0 amide bonds. The molecule has 0 aromatic rings. The number of Topliss-reactive ketones (excluding diaryl/α,β-unsaturated/α-hetero) is 1. The summed E-state index contributed by atoms with van der Waals surface area (Å²) in [6, 6.07) is 0. The molecular weight excluding hydrogens is 443 g/mol. The van der Waals surface area contributed by atoms with E-state index in [1.165, 1.54) is 64.5 Å². The molecule has 0 saturated heterocycles. The van der Waals surface area contributed by atoms with Gasteiger partial charge in [-0.2, -0.15) is 0 Å². The first-order valence-electron chi connectivity index (χ1n) is 11.3. The molecule has 27 heavy (non-hydrogen) atoms. The standard InChI is InChI=1S/C11H13O3.3C4H9.Sn/c1-7-3-4-8-5-6-9(12)11(7,8)10(13)14-2;3*1-3-4-2;/h1,8H,3-6H2,2H3;3*1,3-4H2,2H3;. The average Bonchev–Trinajstić information content (AvgIpc) is 3.21. The summed E-state index contributed by atoms with van der Waals surface area (Å²) in [5.74, 6) is 0.0707. The van der Waals surface area contributed by atoms with Gasteiger partial charge in [0, 0.05) is 0 Å². The van der Waals surface area contributed by atoms with Gasteiger partial charge in [0.25, 0.3) is 0 Å². The van der Waals surface area contributed by atoms with Crippen LogP contribution in [0.2, 0.25) is 13.3 Å². The van der Waals surface area contributed by atoms with Crippen LogP contribution in [0, 0.1) is 11.3 Å². The SMILES string of the molecule is CCC[CH2][Sn](/[CH]=C1\CCC2CCC(=O)C12C(=O)OC)([CH2]CCC)[CH2]CCC. The van der Waals surface area contributed by atoms with E-state index >= 15 is 0 Å². The number of methoxy groups -OCH3 is 1. The molecule has 2 atom stereocenters. The van der Waals surface area contributed by atoms with Crippen molar-refractivity contribution in [2.24, 2.45) is 11.3 Å². The van der Waals surface area contributed by atoms with Gasteiger partial charge in [-0.15, -0.1) is 0 Å². The quantitative estimate of drug-likeness (QED) is 0.199. The van der Waals surface area contributed by atoms with Crippen molar-refractivity contribution in [1.82, 2.24) is 0 Å².